The zero-order chi connectivity index (χ0) is 23.8. The molecule has 0 aliphatic rings. The lowest BCUT2D eigenvalue weighted by molar-refractivity contribution is -0.00143. The zero-order valence-corrected chi connectivity index (χ0v) is 19.3. The number of hydrogen-bond acceptors (Lipinski definition) is 9. The summed E-state index contributed by atoms with van der Waals surface area (Å²) in [6.45, 7) is 8.66. The Balaban J connectivity index is 2.79. The van der Waals surface area contributed by atoms with Crippen LogP contribution in [0.3, 0.4) is 0 Å². The number of imidazole rings is 1. The molecule has 12 nitrogen and oxygen atoms in total. The van der Waals surface area contributed by atoms with Crippen LogP contribution in [-0.2, 0) is 14.8 Å². The molecule has 0 saturated carbocycles. The van der Waals surface area contributed by atoms with Crippen LogP contribution >= 0.6 is 7.60 Å². The normalized spacial score (nSPS) is 14.1. The first-order chi connectivity index (χ1) is 14.1. The van der Waals surface area contributed by atoms with Crippen LogP contribution in [0.2, 0.25) is 0 Å². The van der Waals surface area contributed by atoms with Crippen molar-refractivity contribution in [2.75, 3.05) is 17.6 Å². The second-order valence-electron chi connectivity index (χ2n) is 8.42. The predicted octanol–water partition coefficient (Wildman–Crippen LogP) is 1.39. The van der Waals surface area contributed by atoms with Gasteiger partial charge >= 0.3 is 13.6 Å². The maximum Gasteiger partial charge on any atom is 0.375 e. The highest BCUT2D eigenvalue weighted by Crippen LogP contribution is 2.41. The maximum atomic E-state index is 13.0. The van der Waals surface area contributed by atoms with E-state index in [-0.39, 0.29) is 48.0 Å². The lowest BCUT2D eigenvalue weighted by atomic mass is 9.84. The van der Waals surface area contributed by atoms with Gasteiger partial charge in [0.2, 0.25) is 11.8 Å². The van der Waals surface area contributed by atoms with Gasteiger partial charge in [-0.05, 0) is 40.0 Å². The molecule has 13 heteroatoms. The Hall–Kier alpha value is -2.27. The summed E-state index contributed by atoms with van der Waals surface area (Å²) in [5.41, 5.74) is 9.96. The number of carbonyl (C=O) groups excluding carboxylic acids is 1. The second-order valence-corrected chi connectivity index (χ2v) is 10.2. The minimum Gasteiger partial charge on any atom is -0.454 e. The summed E-state index contributed by atoms with van der Waals surface area (Å²) in [5.74, 6) is -1.11. The van der Waals surface area contributed by atoms with Gasteiger partial charge in [-0.25, -0.2) is 9.78 Å². The van der Waals surface area contributed by atoms with Crippen molar-refractivity contribution < 1.29 is 29.0 Å². The SMILES string of the molecule is CCC(CC)([C@H](O)CCP(=O)(O)O)n1c(C(=O)OC(C)(C)C)nc2c(N)nc(N)nc21. The Kier molecular flexibility index (Phi) is 7.01. The van der Waals surface area contributed by atoms with Crippen molar-refractivity contribution in [2.24, 2.45) is 0 Å². The number of esters is 1. The predicted molar refractivity (Wildman–Crippen MR) is 115 cm³/mol. The van der Waals surface area contributed by atoms with E-state index in [1.807, 2.05) is 0 Å². The van der Waals surface area contributed by atoms with Gasteiger partial charge in [0.25, 0.3) is 0 Å². The first-order valence-corrected chi connectivity index (χ1v) is 11.7. The van der Waals surface area contributed by atoms with Crippen LogP contribution in [0.25, 0.3) is 11.2 Å². The van der Waals surface area contributed by atoms with Crippen LogP contribution < -0.4 is 11.5 Å². The van der Waals surface area contributed by atoms with Gasteiger partial charge in [-0.3, -0.25) is 9.13 Å². The maximum absolute atomic E-state index is 13.0. The first kappa shape index (κ1) is 25.0. The van der Waals surface area contributed by atoms with E-state index in [4.69, 9.17) is 16.2 Å². The van der Waals surface area contributed by atoms with E-state index in [1.165, 1.54) is 4.57 Å². The number of aliphatic hydroxyl groups excluding tert-OH is 1. The van der Waals surface area contributed by atoms with E-state index in [1.54, 1.807) is 34.6 Å². The molecule has 2 aromatic rings. The van der Waals surface area contributed by atoms with Gasteiger partial charge in [0.15, 0.2) is 17.0 Å². The van der Waals surface area contributed by atoms with Crippen molar-refractivity contribution in [1.82, 2.24) is 19.5 Å². The molecule has 0 spiro atoms. The lowest BCUT2D eigenvalue weighted by Crippen LogP contribution is -2.46. The van der Waals surface area contributed by atoms with E-state index in [0.717, 1.165) is 0 Å². The molecule has 0 fully saturated rings. The van der Waals surface area contributed by atoms with Crippen molar-refractivity contribution in [3.05, 3.63) is 5.82 Å². The fraction of sp³-hybridized carbons (Fsp3) is 0.667. The third-order valence-electron chi connectivity index (χ3n) is 5.12. The molecule has 0 radical (unpaired) electrons. The summed E-state index contributed by atoms with van der Waals surface area (Å²) in [5, 5.41) is 11.1. The molecule has 0 unspecified atom stereocenters. The topological polar surface area (TPSA) is 200 Å². The highest BCUT2D eigenvalue weighted by molar-refractivity contribution is 7.51. The molecular formula is C18H31N6O6P. The van der Waals surface area contributed by atoms with Crippen molar-refractivity contribution >= 4 is 36.5 Å². The van der Waals surface area contributed by atoms with E-state index < -0.39 is 37.0 Å². The molecule has 0 aliphatic carbocycles. The van der Waals surface area contributed by atoms with Crippen molar-refractivity contribution in [2.45, 2.75) is 71.1 Å². The first-order valence-electron chi connectivity index (χ1n) is 9.93. The number of hydrogen-bond donors (Lipinski definition) is 5. The monoisotopic (exact) mass is 458 g/mol. The third kappa shape index (κ3) is 5.32. The van der Waals surface area contributed by atoms with Crippen LogP contribution in [0.1, 0.15) is 64.5 Å². The smallest absolute Gasteiger partial charge is 0.375 e. The molecule has 7 N–H and O–H groups in total. The summed E-state index contributed by atoms with van der Waals surface area (Å²) in [7, 11) is -4.35. The fourth-order valence-corrected chi connectivity index (χ4v) is 4.21. The Morgan fingerprint density at radius 3 is 2.23 bits per heavy atom. The van der Waals surface area contributed by atoms with Gasteiger partial charge in [0.05, 0.1) is 17.8 Å². The fourth-order valence-electron chi connectivity index (χ4n) is 3.62. The second kappa shape index (κ2) is 8.70. The molecule has 31 heavy (non-hydrogen) atoms. The Labute approximate surface area is 180 Å². The van der Waals surface area contributed by atoms with E-state index >= 15 is 0 Å². The lowest BCUT2D eigenvalue weighted by Gasteiger charge is -2.39. The van der Waals surface area contributed by atoms with E-state index in [0.29, 0.717) is 0 Å². The van der Waals surface area contributed by atoms with Gasteiger partial charge in [-0.2, -0.15) is 9.97 Å². The summed E-state index contributed by atoms with van der Waals surface area (Å²) >= 11 is 0. The van der Waals surface area contributed by atoms with Crippen LogP contribution in [0.5, 0.6) is 0 Å². The molecular weight excluding hydrogens is 427 g/mol. The summed E-state index contributed by atoms with van der Waals surface area (Å²) in [6.07, 6.45) is -1.40. The number of rotatable bonds is 8. The van der Waals surface area contributed by atoms with Crippen LogP contribution in [0.15, 0.2) is 0 Å². The molecule has 0 aliphatic heterocycles. The number of nitrogens with zero attached hydrogens (tertiary/aromatic N) is 4. The molecule has 0 amide bonds. The summed E-state index contributed by atoms with van der Waals surface area (Å²) in [4.78, 5) is 44.0. The average Bonchev–Trinajstić information content (AvgIpc) is 3.00. The largest absolute Gasteiger partial charge is 0.454 e. The zero-order valence-electron chi connectivity index (χ0n) is 18.4. The molecule has 0 saturated heterocycles. The molecule has 0 bridgehead atoms. The number of nitrogens with two attached hydrogens (primary N) is 2. The average molecular weight is 458 g/mol. The Bertz CT molecular complexity index is 1010. The number of aromatic nitrogens is 4. The minimum absolute atomic E-state index is 0.0446. The molecule has 2 heterocycles. The highest BCUT2D eigenvalue weighted by Gasteiger charge is 2.43. The van der Waals surface area contributed by atoms with Gasteiger partial charge < -0.3 is 31.1 Å². The summed E-state index contributed by atoms with van der Waals surface area (Å²) in [6, 6.07) is 0. The number of carbonyl (C=O) groups is 1. The molecule has 1 atom stereocenters. The third-order valence-corrected chi connectivity index (χ3v) is 5.96. The Morgan fingerprint density at radius 1 is 1.16 bits per heavy atom. The molecule has 2 aromatic heterocycles. The standard InChI is InChI=1S/C18H31N6O6P/c1-6-18(7-2,10(25)8-9-31(27,28)29)24-13-11(12(19)22-16(20)23-13)21-14(24)15(26)30-17(3,4)5/h10,25H,6-9H2,1-5H3,(H2,27,28,29)(H4,19,20,22,23)/t10-/m1/s1. The number of aliphatic hydroxyl groups is 1. The molecule has 174 valence electrons. The number of anilines is 2. The Morgan fingerprint density at radius 2 is 1.74 bits per heavy atom. The van der Waals surface area contributed by atoms with Crippen molar-refractivity contribution in [1.29, 1.82) is 0 Å². The minimum atomic E-state index is -4.35. The van der Waals surface area contributed by atoms with Gasteiger partial charge in [-0.1, -0.05) is 13.8 Å². The van der Waals surface area contributed by atoms with Gasteiger partial charge in [0, 0.05) is 0 Å². The van der Waals surface area contributed by atoms with Gasteiger partial charge in [0.1, 0.15) is 5.60 Å². The number of nitrogen functional groups attached to an aromatic ring is 2. The van der Waals surface area contributed by atoms with Crippen molar-refractivity contribution in [3.63, 3.8) is 0 Å². The quantitative estimate of drug-likeness (QED) is 0.283. The van der Waals surface area contributed by atoms with E-state index in [9.17, 15) is 24.3 Å². The number of ether oxygens (including phenoxy) is 1. The van der Waals surface area contributed by atoms with Gasteiger partial charge in [-0.15, -0.1) is 0 Å². The molecule has 2 rings (SSSR count). The van der Waals surface area contributed by atoms with Crippen molar-refractivity contribution in [3.8, 4) is 0 Å². The van der Waals surface area contributed by atoms with Crippen LogP contribution in [-0.4, -0.2) is 58.2 Å². The highest BCUT2D eigenvalue weighted by atomic mass is 31.2. The van der Waals surface area contributed by atoms with Crippen LogP contribution in [0, 0.1) is 0 Å². The van der Waals surface area contributed by atoms with E-state index in [2.05, 4.69) is 15.0 Å². The van der Waals surface area contributed by atoms with Crippen LogP contribution in [0.4, 0.5) is 11.8 Å². The summed E-state index contributed by atoms with van der Waals surface area (Å²) < 4.78 is 18.3. The number of fused-ring (bicyclic) bond motifs is 1. The molecule has 0 aromatic carbocycles.